The Hall–Kier alpha value is -0.403. The molecule has 0 saturated carbocycles. The van der Waals surface area contributed by atoms with E-state index >= 15 is 0 Å². The summed E-state index contributed by atoms with van der Waals surface area (Å²) in [5.41, 5.74) is 1.18. The first-order chi connectivity index (χ1) is 6.69. The molecule has 0 aliphatic rings. The molecule has 0 spiro atoms. The Labute approximate surface area is 99.0 Å². The van der Waals surface area contributed by atoms with Gasteiger partial charge in [-0.25, -0.2) is 4.79 Å². The van der Waals surface area contributed by atoms with Gasteiger partial charge in [0.1, 0.15) is 0 Å². The number of rotatable bonds is 3. The van der Waals surface area contributed by atoms with Crippen LogP contribution in [0.2, 0.25) is 0 Å². The van der Waals surface area contributed by atoms with Crippen LogP contribution in [0.3, 0.4) is 0 Å². The summed E-state index contributed by atoms with van der Waals surface area (Å²) < 4.78 is 5.61. The van der Waals surface area contributed by atoms with E-state index in [0.717, 1.165) is 3.57 Å². The van der Waals surface area contributed by atoms with Crippen LogP contribution in [0.5, 0.6) is 0 Å². The minimum atomic E-state index is -0.389. The lowest BCUT2D eigenvalue weighted by Gasteiger charge is -2.05. The van der Waals surface area contributed by atoms with Crippen LogP contribution in [0.1, 0.15) is 15.9 Å². The molecule has 1 aromatic rings. The van der Waals surface area contributed by atoms with Crippen molar-refractivity contribution in [3.8, 4) is 0 Å². The van der Waals surface area contributed by atoms with Crippen molar-refractivity contribution in [2.45, 2.75) is 6.61 Å². The van der Waals surface area contributed by atoms with Crippen LogP contribution in [0, 0.1) is 3.57 Å². The molecule has 14 heavy (non-hydrogen) atoms. The highest BCUT2D eigenvalue weighted by molar-refractivity contribution is 14.1. The Balaban J connectivity index is 2.99. The molecule has 1 rings (SSSR count). The summed E-state index contributed by atoms with van der Waals surface area (Å²) in [7, 11) is 3.06. The molecule has 0 fully saturated rings. The number of esters is 1. The quantitative estimate of drug-likeness (QED) is 0.515. The van der Waals surface area contributed by atoms with Crippen molar-refractivity contribution in [2.75, 3.05) is 6.23 Å². The predicted molar refractivity (Wildman–Crippen MR) is 61.1 cm³/mol. The van der Waals surface area contributed by atoms with Gasteiger partial charge < -0.3 is 9.84 Å². The third-order valence-electron chi connectivity index (χ3n) is 1.64. The third kappa shape index (κ3) is 2.79. The molecule has 5 heteroatoms. The number of ether oxygens (including phenoxy) is 1. The van der Waals surface area contributed by atoms with Crippen molar-refractivity contribution in [3.63, 3.8) is 0 Å². The first-order valence-electron chi connectivity index (χ1n) is 3.90. The third-order valence-corrected chi connectivity index (χ3v) is 2.72. The highest BCUT2D eigenvalue weighted by Crippen LogP contribution is 2.15. The van der Waals surface area contributed by atoms with E-state index in [9.17, 15) is 4.79 Å². The molecule has 0 heterocycles. The average Bonchev–Trinajstić information content (AvgIpc) is 2.19. The monoisotopic (exact) mass is 319 g/mol. The number of hydrogen-bond acceptors (Lipinski definition) is 3. The van der Waals surface area contributed by atoms with Crippen LogP contribution in [0.25, 0.3) is 0 Å². The maximum Gasteiger partial charge on any atom is 0.338 e. The molecule has 3 radical (unpaired) electrons. The van der Waals surface area contributed by atoms with Crippen molar-refractivity contribution >= 4 is 38.8 Å². The molecule has 0 saturated heterocycles. The molecule has 0 amide bonds. The molecule has 3 nitrogen and oxygen atoms in total. The fraction of sp³-hybridized carbons (Fsp3) is 0.222. The molecule has 0 atom stereocenters. The normalized spacial score (nSPS) is 9.93. The number of benzene rings is 1. The van der Waals surface area contributed by atoms with Crippen LogP contribution in [0.4, 0.5) is 0 Å². The van der Waals surface area contributed by atoms with Crippen LogP contribution < -0.4 is 0 Å². The zero-order valence-corrected chi connectivity index (χ0v) is 10.4. The van der Waals surface area contributed by atoms with E-state index < -0.39 is 0 Å². The first-order valence-corrected chi connectivity index (χ1v) is 5.68. The molecule has 0 unspecified atom stereocenters. The Morgan fingerprint density at radius 1 is 1.57 bits per heavy atom. The summed E-state index contributed by atoms with van der Waals surface area (Å²) >= 11 is 2.05. The summed E-state index contributed by atoms with van der Waals surface area (Å²) in [6.07, 6.45) is 0.165. The number of hydrogen-bond donors (Lipinski definition) is 1. The van der Waals surface area contributed by atoms with Gasteiger partial charge >= 0.3 is 5.97 Å². The minimum Gasteiger partial charge on any atom is -0.467 e. The van der Waals surface area contributed by atoms with E-state index in [1.165, 1.54) is 0 Å². The number of aliphatic hydroxyl groups is 1. The summed E-state index contributed by atoms with van der Waals surface area (Å²) in [6.45, 7) is -0.0783. The highest BCUT2D eigenvalue weighted by Gasteiger charge is 2.11. The Morgan fingerprint density at radius 3 is 2.86 bits per heavy atom. The number of carbonyl (C=O) groups excluding carboxylic acids is 1. The van der Waals surface area contributed by atoms with Gasteiger partial charge in [0.15, 0.2) is 0 Å². The molecule has 1 N–H and O–H groups in total. The van der Waals surface area contributed by atoms with Gasteiger partial charge in [-0.05, 0) is 40.3 Å². The van der Waals surface area contributed by atoms with E-state index in [-0.39, 0.29) is 18.8 Å². The second-order valence-electron chi connectivity index (χ2n) is 2.55. The molecule has 0 bridgehead atoms. The molecular weight excluding hydrogens is 311 g/mol. The van der Waals surface area contributed by atoms with Gasteiger partial charge in [-0.1, -0.05) is 6.07 Å². The second kappa shape index (κ2) is 5.47. The van der Waals surface area contributed by atoms with E-state index in [4.69, 9.17) is 9.84 Å². The Bertz CT molecular complexity index is 341. The van der Waals surface area contributed by atoms with E-state index in [1.54, 1.807) is 18.2 Å². The van der Waals surface area contributed by atoms with Crippen molar-refractivity contribution in [2.24, 2.45) is 0 Å². The zero-order valence-electron chi connectivity index (χ0n) is 7.29. The van der Waals surface area contributed by atoms with Crippen LogP contribution >= 0.6 is 22.6 Å². The smallest absolute Gasteiger partial charge is 0.338 e. The number of carbonyl (C=O) groups is 1. The van der Waals surface area contributed by atoms with Gasteiger partial charge in [-0.15, -0.1) is 0 Å². The predicted octanol–water partition coefficient (Wildman–Crippen LogP) is 1.07. The van der Waals surface area contributed by atoms with Gasteiger partial charge in [0, 0.05) is 3.57 Å². The van der Waals surface area contributed by atoms with E-state index in [0.29, 0.717) is 11.1 Å². The summed E-state index contributed by atoms with van der Waals surface area (Å²) in [6, 6.07) is 5.18. The second-order valence-corrected chi connectivity index (χ2v) is 4.00. The average molecular weight is 319 g/mol. The molecule has 0 aliphatic carbocycles. The van der Waals surface area contributed by atoms with Gasteiger partial charge in [0.2, 0.25) is 0 Å². The fourth-order valence-electron chi connectivity index (χ4n) is 0.971. The highest BCUT2D eigenvalue weighted by atomic mass is 127. The SMILES string of the molecule is O=C(OC[Si])c1cc(CO)ccc1I. The Kier molecular flexibility index (Phi) is 4.56. The van der Waals surface area contributed by atoms with E-state index in [1.807, 2.05) is 22.6 Å². The van der Waals surface area contributed by atoms with Crippen LogP contribution in [-0.4, -0.2) is 27.5 Å². The lowest BCUT2D eigenvalue weighted by Crippen LogP contribution is -2.08. The molecule has 0 aromatic heterocycles. The van der Waals surface area contributed by atoms with Gasteiger partial charge in [0.25, 0.3) is 0 Å². The largest absolute Gasteiger partial charge is 0.467 e. The first kappa shape index (κ1) is 11.7. The molecule has 0 aliphatic heterocycles. The molecular formula is C9H8IO3Si. The minimum absolute atomic E-state index is 0.0783. The topological polar surface area (TPSA) is 46.5 Å². The van der Waals surface area contributed by atoms with Crippen LogP contribution in [-0.2, 0) is 11.3 Å². The van der Waals surface area contributed by atoms with Crippen molar-refractivity contribution in [1.82, 2.24) is 0 Å². The Morgan fingerprint density at radius 2 is 2.29 bits per heavy atom. The van der Waals surface area contributed by atoms with Gasteiger partial charge in [0.05, 0.1) is 28.6 Å². The van der Waals surface area contributed by atoms with Crippen molar-refractivity contribution in [1.29, 1.82) is 0 Å². The maximum atomic E-state index is 11.4. The van der Waals surface area contributed by atoms with E-state index in [2.05, 4.69) is 10.2 Å². The lowest BCUT2D eigenvalue weighted by atomic mass is 10.1. The van der Waals surface area contributed by atoms with Crippen molar-refractivity contribution < 1.29 is 14.6 Å². The van der Waals surface area contributed by atoms with Gasteiger partial charge in [-0.3, -0.25) is 0 Å². The van der Waals surface area contributed by atoms with Crippen LogP contribution in [0.15, 0.2) is 18.2 Å². The van der Waals surface area contributed by atoms with Crippen molar-refractivity contribution in [3.05, 3.63) is 32.9 Å². The van der Waals surface area contributed by atoms with Gasteiger partial charge in [-0.2, -0.15) is 0 Å². The standard InChI is InChI=1S/C9H8IO3Si/c10-8-2-1-6(4-11)3-7(8)9(12)13-5-14/h1-3,11H,4-5H2. The fourth-order valence-corrected chi connectivity index (χ4v) is 1.66. The summed E-state index contributed by atoms with van der Waals surface area (Å²) in [4.78, 5) is 11.4. The molecule has 1 aromatic carbocycles. The molecule has 73 valence electrons. The lowest BCUT2D eigenvalue weighted by molar-refractivity contribution is 0.0572. The number of halogens is 1. The number of aliphatic hydroxyl groups excluding tert-OH is 1. The summed E-state index contributed by atoms with van der Waals surface area (Å²) in [5, 5.41) is 8.90. The summed E-state index contributed by atoms with van der Waals surface area (Å²) in [5.74, 6) is -0.389. The zero-order chi connectivity index (χ0) is 10.6. The maximum absolute atomic E-state index is 11.4.